The van der Waals surface area contributed by atoms with E-state index in [1.54, 1.807) is 0 Å². The van der Waals surface area contributed by atoms with Crippen molar-refractivity contribution < 1.29 is 4.74 Å². The van der Waals surface area contributed by atoms with Crippen LogP contribution in [-0.2, 0) is 0 Å². The monoisotopic (exact) mass is 276 g/mol. The van der Waals surface area contributed by atoms with Crippen LogP contribution in [0, 0.1) is 5.92 Å². The maximum atomic E-state index is 5.78. The minimum Gasteiger partial charge on any atom is -0.494 e. The minimum absolute atomic E-state index is 0.686. The molecule has 0 aliphatic carbocycles. The van der Waals surface area contributed by atoms with Crippen molar-refractivity contribution >= 4 is 0 Å². The Labute approximate surface area is 123 Å². The molecule has 1 N–H and O–H groups in total. The predicted molar refractivity (Wildman–Crippen MR) is 84.2 cm³/mol. The first-order valence-electron chi connectivity index (χ1n) is 7.94. The zero-order valence-corrected chi connectivity index (χ0v) is 12.8. The maximum absolute atomic E-state index is 5.78. The summed E-state index contributed by atoms with van der Waals surface area (Å²) in [6.07, 6.45) is 2.35. The van der Waals surface area contributed by atoms with Crippen LogP contribution in [0.3, 0.4) is 0 Å². The highest BCUT2D eigenvalue weighted by Crippen LogP contribution is 2.17. The number of benzene rings is 1. The van der Waals surface area contributed by atoms with Crippen LogP contribution in [-0.4, -0.2) is 43.7 Å². The van der Waals surface area contributed by atoms with E-state index in [1.807, 2.05) is 30.3 Å². The van der Waals surface area contributed by atoms with E-state index in [2.05, 4.69) is 24.1 Å². The third-order valence-electron chi connectivity index (χ3n) is 4.30. The topological polar surface area (TPSA) is 24.5 Å². The summed E-state index contributed by atoms with van der Waals surface area (Å²) in [7, 11) is 0. The Bertz CT molecular complexity index is 369. The molecule has 3 heteroatoms. The molecule has 0 spiro atoms. The fraction of sp³-hybridized carbons (Fsp3) is 0.647. The third-order valence-corrected chi connectivity index (χ3v) is 4.30. The first-order chi connectivity index (χ1) is 9.81. The van der Waals surface area contributed by atoms with Gasteiger partial charge in [-0.15, -0.1) is 0 Å². The Balaban J connectivity index is 1.71. The molecule has 2 unspecified atom stereocenters. The molecule has 2 rings (SSSR count). The molecule has 1 saturated heterocycles. The van der Waals surface area contributed by atoms with Crippen LogP contribution in [0.25, 0.3) is 0 Å². The molecule has 0 aromatic heterocycles. The van der Waals surface area contributed by atoms with E-state index in [9.17, 15) is 0 Å². The van der Waals surface area contributed by atoms with E-state index < -0.39 is 0 Å². The summed E-state index contributed by atoms with van der Waals surface area (Å²) in [5.41, 5.74) is 0. The summed E-state index contributed by atoms with van der Waals surface area (Å²) >= 11 is 0. The molecule has 3 nitrogen and oxygen atoms in total. The van der Waals surface area contributed by atoms with Crippen molar-refractivity contribution in [3.05, 3.63) is 30.3 Å². The standard InChI is InChI=1S/C17H28N2O/c1-3-15(2)17-14-18-10-12-19(17)11-7-13-20-16-8-5-4-6-9-16/h4-6,8-9,15,17-18H,3,7,10-14H2,1-2H3. The van der Waals surface area contributed by atoms with Gasteiger partial charge in [0.1, 0.15) is 5.75 Å². The molecule has 1 aromatic rings. The lowest BCUT2D eigenvalue weighted by molar-refractivity contribution is 0.109. The highest BCUT2D eigenvalue weighted by molar-refractivity contribution is 5.20. The lowest BCUT2D eigenvalue weighted by Gasteiger charge is -2.39. The molecular weight excluding hydrogens is 248 g/mol. The number of hydrogen-bond donors (Lipinski definition) is 1. The van der Waals surface area contributed by atoms with E-state index in [1.165, 1.54) is 13.0 Å². The zero-order chi connectivity index (χ0) is 14.2. The van der Waals surface area contributed by atoms with E-state index in [4.69, 9.17) is 4.74 Å². The van der Waals surface area contributed by atoms with Crippen LogP contribution in [0.5, 0.6) is 5.75 Å². The van der Waals surface area contributed by atoms with Gasteiger partial charge in [-0.2, -0.15) is 0 Å². The van der Waals surface area contributed by atoms with Gasteiger partial charge in [-0.25, -0.2) is 0 Å². The SMILES string of the molecule is CCC(C)C1CNCCN1CCCOc1ccccc1. The quantitative estimate of drug-likeness (QED) is 0.775. The second-order valence-electron chi connectivity index (χ2n) is 5.71. The van der Waals surface area contributed by atoms with Gasteiger partial charge < -0.3 is 10.1 Å². The van der Waals surface area contributed by atoms with Gasteiger partial charge in [0, 0.05) is 32.2 Å². The van der Waals surface area contributed by atoms with Crippen LogP contribution in [0.15, 0.2) is 30.3 Å². The second kappa shape index (κ2) is 8.28. The third kappa shape index (κ3) is 4.50. The number of piperazine rings is 1. The van der Waals surface area contributed by atoms with Crippen molar-refractivity contribution in [2.45, 2.75) is 32.7 Å². The van der Waals surface area contributed by atoms with Crippen LogP contribution >= 0.6 is 0 Å². The highest BCUT2D eigenvalue weighted by Gasteiger charge is 2.25. The number of nitrogens with zero attached hydrogens (tertiary/aromatic N) is 1. The molecule has 0 radical (unpaired) electrons. The van der Waals surface area contributed by atoms with Crippen molar-refractivity contribution in [3.8, 4) is 5.75 Å². The first kappa shape index (κ1) is 15.3. The molecule has 1 heterocycles. The average Bonchev–Trinajstić information content (AvgIpc) is 2.52. The van der Waals surface area contributed by atoms with Crippen molar-refractivity contribution in [2.24, 2.45) is 5.92 Å². The summed E-state index contributed by atoms with van der Waals surface area (Å²) < 4.78 is 5.78. The van der Waals surface area contributed by atoms with Crippen LogP contribution < -0.4 is 10.1 Å². The number of rotatable bonds is 7. The van der Waals surface area contributed by atoms with E-state index in [0.29, 0.717) is 6.04 Å². The van der Waals surface area contributed by atoms with Gasteiger partial charge in [0.05, 0.1) is 6.61 Å². The normalized spacial score (nSPS) is 21.6. The summed E-state index contributed by atoms with van der Waals surface area (Å²) in [5.74, 6) is 1.74. The van der Waals surface area contributed by atoms with Crippen molar-refractivity contribution in [1.82, 2.24) is 10.2 Å². The smallest absolute Gasteiger partial charge is 0.119 e. The lowest BCUT2D eigenvalue weighted by atomic mass is 9.96. The van der Waals surface area contributed by atoms with Gasteiger partial charge in [-0.3, -0.25) is 4.90 Å². The molecule has 2 atom stereocenters. The number of para-hydroxylation sites is 1. The van der Waals surface area contributed by atoms with Gasteiger partial charge >= 0.3 is 0 Å². The Hall–Kier alpha value is -1.06. The molecular formula is C17H28N2O. The van der Waals surface area contributed by atoms with Crippen molar-refractivity contribution in [2.75, 3.05) is 32.8 Å². The molecule has 1 aliphatic heterocycles. The van der Waals surface area contributed by atoms with E-state index >= 15 is 0 Å². The molecule has 0 bridgehead atoms. The molecule has 20 heavy (non-hydrogen) atoms. The van der Waals surface area contributed by atoms with Crippen LogP contribution in [0.1, 0.15) is 26.7 Å². The summed E-state index contributed by atoms with van der Waals surface area (Å²) in [6, 6.07) is 10.8. The van der Waals surface area contributed by atoms with Crippen molar-refractivity contribution in [1.29, 1.82) is 0 Å². The summed E-state index contributed by atoms with van der Waals surface area (Å²) in [4.78, 5) is 2.64. The highest BCUT2D eigenvalue weighted by atomic mass is 16.5. The average molecular weight is 276 g/mol. The van der Waals surface area contributed by atoms with Gasteiger partial charge in [0.25, 0.3) is 0 Å². The first-order valence-corrected chi connectivity index (χ1v) is 7.94. The Morgan fingerprint density at radius 1 is 1.35 bits per heavy atom. The lowest BCUT2D eigenvalue weighted by Crippen LogP contribution is -2.54. The largest absolute Gasteiger partial charge is 0.494 e. The molecule has 112 valence electrons. The van der Waals surface area contributed by atoms with Gasteiger partial charge in [-0.1, -0.05) is 38.5 Å². The molecule has 0 amide bonds. The van der Waals surface area contributed by atoms with Gasteiger partial charge in [-0.05, 0) is 24.5 Å². The molecule has 1 aliphatic rings. The van der Waals surface area contributed by atoms with Crippen LogP contribution in [0.2, 0.25) is 0 Å². The maximum Gasteiger partial charge on any atom is 0.119 e. The Morgan fingerprint density at radius 3 is 2.90 bits per heavy atom. The zero-order valence-electron chi connectivity index (χ0n) is 12.8. The van der Waals surface area contributed by atoms with Gasteiger partial charge in [0.2, 0.25) is 0 Å². The molecule has 1 aromatic carbocycles. The summed E-state index contributed by atoms with van der Waals surface area (Å²) in [5, 5.41) is 3.52. The minimum atomic E-state index is 0.686. The summed E-state index contributed by atoms with van der Waals surface area (Å²) in [6.45, 7) is 10.0. The van der Waals surface area contributed by atoms with E-state index in [-0.39, 0.29) is 0 Å². The molecule has 1 fully saturated rings. The molecule has 0 saturated carbocycles. The number of ether oxygens (including phenoxy) is 1. The van der Waals surface area contributed by atoms with Gasteiger partial charge in [0.15, 0.2) is 0 Å². The number of hydrogen-bond acceptors (Lipinski definition) is 3. The van der Waals surface area contributed by atoms with E-state index in [0.717, 1.165) is 44.3 Å². The van der Waals surface area contributed by atoms with Crippen molar-refractivity contribution in [3.63, 3.8) is 0 Å². The van der Waals surface area contributed by atoms with Crippen LogP contribution in [0.4, 0.5) is 0 Å². The fourth-order valence-electron chi connectivity index (χ4n) is 2.85. The second-order valence-corrected chi connectivity index (χ2v) is 5.71. The number of nitrogens with one attached hydrogen (secondary N) is 1. The Kier molecular flexibility index (Phi) is 6.34. The predicted octanol–water partition coefficient (Wildman–Crippen LogP) is 2.78. The Morgan fingerprint density at radius 2 is 2.15 bits per heavy atom. The fourth-order valence-corrected chi connectivity index (χ4v) is 2.85.